The summed E-state index contributed by atoms with van der Waals surface area (Å²) in [7, 11) is -1.99. The van der Waals surface area contributed by atoms with Crippen molar-refractivity contribution in [3.8, 4) is 0 Å². The minimum Gasteiger partial charge on any atom is -0.388 e. The van der Waals surface area contributed by atoms with Gasteiger partial charge in [-0.2, -0.15) is 0 Å². The first-order valence-corrected chi connectivity index (χ1v) is 6.64. The Labute approximate surface area is 102 Å². The van der Waals surface area contributed by atoms with E-state index in [9.17, 15) is 8.42 Å². The number of nitrogens with one attached hydrogen (secondary N) is 1. The van der Waals surface area contributed by atoms with Gasteiger partial charge in [0.15, 0.2) is 0 Å². The van der Waals surface area contributed by atoms with Crippen LogP contribution in [0.3, 0.4) is 0 Å². The Kier molecular flexibility index (Phi) is 4.25. The second-order valence-electron chi connectivity index (χ2n) is 3.92. The predicted molar refractivity (Wildman–Crippen MR) is 67.5 cm³/mol. The minimum absolute atomic E-state index is 0.0173. The van der Waals surface area contributed by atoms with Crippen LogP contribution in [-0.4, -0.2) is 32.2 Å². The standard InChI is InChI=1S/C11H17N3O2S/c1-9-4-3-5-10(8-9)17(15,16)14(2)7-6-11(12)13/h3-5,8H,6-7H2,1-2H3,(H3,12,13). The van der Waals surface area contributed by atoms with Crippen LogP contribution in [0.5, 0.6) is 0 Å². The average Bonchev–Trinajstić information content (AvgIpc) is 2.25. The summed E-state index contributed by atoms with van der Waals surface area (Å²) in [4.78, 5) is 0.267. The summed E-state index contributed by atoms with van der Waals surface area (Å²) in [6, 6.07) is 6.74. The largest absolute Gasteiger partial charge is 0.388 e. The van der Waals surface area contributed by atoms with E-state index in [1.165, 1.54) is 11.4 Å². The van der Waals surface area contributed by atoms with Gasteiger partial charge in [0.05, 0.1) is 10.7 Å². The molecule has 0 aromatic heterocycles. The fourth-order valence-electron chi connectivity index (χ4n) is 1.35. The molecule has 0 heterocycles. The molecule has 0 unspecified atom stereocenters. The van der Waals surface area contributed by atoms with E-state index in [2.05, 4.69) is 0 Å². The first-order valence-electron chi connectivity index (χ1n) is 5.20. The van der Waals surface area contributed by atoms with Crippen LogP contribution in [0.2, 0.25) is 0 Å². The normalized spacial score (nSPS) is 11.7. The van der Waals surface area contributed by atoms with Crippen LogP contribution in [0.4, 0.5) is 0 Å². The third-order valence-electron chi connectivity index (χ3n) is 2.39. The second-order valence-corrected chi connectivity index (χ2v) is 5.96. The lowest BCUT2D eigenvalue weighted by Gasteiger charge is -2.16. The smallest absolute Gasteiger partial charge is 0.242 e. The van der Waals surface area contributed by atoms with Gasteiger partial charge >= 0.3 is 0 Å². The summed E-state index contributed by atoms with van der Waals surface area (Å²) >= 11 is 0. The highest BCUT2D eigenvalue weighted by Gasteiger charge is 2.20. The van der Waals surface area contributed by atoms with E-state index in [1.54, 1.807) is 18.2 Å². The molecule has 0 fully saturated rings. The van der Waals surface area contributed by atoms with Crippen molar-refractivity contribution in [2.45, 2.75) is 18.2 Å². The third-order valence-corrected chi connectivity index (χ3v) is 4.25. The molecule has 17 heavy (non-hydrogen) atoms. The number of amidine groups is 1. The zero-order chi connectivity index (χ0) is 13.1. The van der Waals surface area contributed by atoms with Crippen molar-refractivity contribution >= 4 is 15.9 Å². The van der Waals surface area contributed by atoms with E-state index in [0.717, 1.165) is 5.56 Å². The predicted octanol–water partition coefficient (Wildman–Crippen LogP) is 0.942. The lowest BCUT2D eigenvalue weighted by atomic mass is 10.2. The molecule has 1 rings (SSSR count). The Bertz CT molecular complexity index is 511. The van der Waals surface area contributed by atoms with E-state index < -0.39 is 10.0 Å². The molecule has 3 N–H and O–H groups in total. The molecule has 0 atom stereocenters. The number of hydrogen-bond donors (Lipinski definition) is 2. The van der Waals surface area contributed by atoms with E-state index >= 15 is 0 Å². The monoisotopic (exact) mass is 255 g/mol. The number of benzene rings is 1. The van der Waals surface area contributed by atoms with Crippen molar-refractivity contribution in [3.63, 3.8) is 0 Å². The van der Waals surface area contributed by atoms with Crippen molar-refractivity contribution < 1.29 is 8.42 Å². The summed E-state index contributed by atoms with van der Waals surface area (Å²) in [6.07, 6.45) is 0.238. The highest BCUT2D eigenvalue weighted by atomic mass is 32.2. The molecular weight excluding hydrogens is 238 g/mol. The van der Waals surface area contributed by atoms with Crippen LogP contribution in [0, 0.1) is 12.3 Å². The fraction of sp³-hybridized carbons (Fsp3) is 0.364. The number of rotatable bonds is 5. The number of nitrogens with two attached hydrogens (primary N) is 1. The zero-order valence-electron chi connectivity index (χ0n) is 9.97. The zero-order valence-corrected chi connectivity index (χ0v) is 10.8. The molecule has 0 aliphatic carbocycles. The van der Waals surface area contributed by atoms with Crippen molar-refractivity contribution in [2.24, 2.45) is 5.73 Å². The molecule has 1 aromatic carbocycles. The molecule has 0 saturated heterocycles. The molecular formula is C11H17N3O2S. The van der Waals surface area contributed by atoms with Gasteiger partial charge in [0.1, 0.15) is 0 Å². The maximum atomic E-state index is 12.1. The van der Waals surface area contributed by atoms with Gasteiger partial charge in [-0.15, -0.1) is 0 Å². The maximum absolute atomic E-state index is 12.1. The van der Waals surface area contributed by atoms with Gasteiger partial charge < -0.3 is 5.73 Å². The molecule has 0 spiro atoms. The minimum atomic E-state index is -3.48. The van der Waals surface area contributed by atoms with Crippen molar-refractivity contribution in [2.75, 3.05) is 13.6 Å². The highest BCUT2D eigenvalue weighted by molar-refractivity contribution is 7.89. The van der Waals surface area contributed by atoms with Crippen molar-refractivity contribution in [1.29, 1.82) is 5.41 Å². The van der Waals surface area contributed by atoms with Gasteiger partial charge in [-0.3, -0.25) is 5.41 Å². The van der Waals surface area contributed by atoms with Crippen LogP contribution in [0.25, 0.3) is 0 Å². The summed E-state index contributed by atoms with van der Waals surface area (Å²) in [5.41, 5.74) is 6.10. The Balaban J connectivity index is 2.91. The van der Waals surface area contributed by atoms with Crippen LogP contribution in [0.15, 0.2) is 29.2 Å². The molecule has 0 aliphatic rings. The molecule has 5 nitrogen and oxygen atoms in total. The van der Waals surface area contributed by atoms with Gasteiger partial charge in [-0.05, 0) is 24.6 Å². The number of hydrogen-bond acceptors (Lipinski definition) is 3. The van der Waals surface area contributed by atoms with Crippen LogP contribution in [-0.2, 0) is 10.0 Å². The lowest BCUT2D eigenvalue weighted by molar-refractivity contribution is 0.478. The van der Waals surface area contributed by atoms with Gasteiger partial charge in [-0.1, -0.05) is 12.1 Å². The molecule has 0 radical (unpaired) electrons. The summed E-state index contributed by atoms with van der Waals surface area (Å²) in [5.74, 6) is -0.0173. The quantitative estimate of drug-likeness (QED) is 0.606. The fourth-order valence-corrected chi connectivity index (χ4v) is 2.63. The topological polar surface area (TPSA) is 87.2 Å². The molecule has 0 bridgehead atoms. The third kappa shape index (κ3) is 3.54. The Morgan fingerprint density at radius 2 is 2.12 bits per heavy atom. The summed E-state index contributed by atoms with van der Waals surface area (Å²) < 4.78 is 25.4. The Hall–Kier alpha value is -1.40. The van der Waals surface area contributed by atoms with Gasteiger partial charge in [0.2, 0.25) is 10.0 Å². The van der Waals surface area contributed by atoms with Crippen molar-refractivity contribution in [3.05, 3.63) is 29.8 Å². The summed E-state index contributed by atoms with van der Waals surface area (Å²) in [6.45, 7) is 2.06. The molecule has 0 aliphatic heterocycles. The Morgan fingerprint density at radius 1 is 1.47 bits per heavy atom. The summed E-state index contributed by atoms with van der Waals surface area (Å²) in [5, 5.41) is 7.09. The maximum Gasteiger partial charge on any atom is 0.242 e. The van der Waals surface area contributed by atoms with Gasteiger partial charge in [-0.25, -0.2) is 12.7 Å². The number of sulfonamides is 1. The molecule has 1 aromatic rings. The van der Waals surface area contributed by atoms with Crippen LogP contribution < -0.4 is 5.73 Å². The van der Waals surface area contributed by atoms with Gasteiger partial charge in [0, 0.05) is 20.0 Å². The first kappa shape index (κ1) is 13.7. The van der Waals surface area contributed by atoms with E-state index in [1.807, 2.05) is 13.0 Å². The van der Waals surface area contributed by atoms with Crippen LogP contribution >= 0.6 is 0 Å². The molecule has 0 saturated carbocycles. The SMILES string of the molecule is Cc1cccc(S(=O)(=O)N(C)CCC(=N)N)c1. The lowest BCUT2D eigenvalue weighted by Crippen LogP contribution is -2.30. The molecule has 94 valence electrons. The van der Waals surface area contributed by atoms with E-state index in [-0.39, 0.29) is 23.7 Å². The molecule has 6 heteroatoms. The van der Waals surface area contributed by atoms with E-state index in [0.29, 0.717) is 0 Å². The number of aryl methyl sites for hydroxylation is 1. The van der Waals surface area contributed by atoms with Gasteiger partial charge in [0.25, 0.3) is 0 Å². The average molecular weight is 255 g/mol. The first-order chi connectivity index (χ1) is 7.84. The highest BCUT2D eigenvalue weighted by Crippen LogP contribution is 2.15. The second kappa shape index (κ2) is 5.29. The molecule has 0 amide bonds. The number of nitrogens with zero attached hydrogens (tertiary/aromatic N) is 1. The van der Waals surface area contributed by atoms with Crippen LogP contribution in [0.1, 0.15) is 12.0 Å². The van der Waals surface area contributed by atoms with E-state index in [4.69, 9.17) is 11.1 Å². The van der Waals surface area contributed by atoms with Crippen molar-refractivity contribution in [1.82, 2.24) is 4.31 Å². The Morgan fingerprint density at radius 3 is 2.65 bits per heavy atom.